The number of hydrogen-bond acceptors (Lipinski definition) is 3. The van der Waals surface area contributed by atoms with Crippen molar-refractivity contribution < 1.29 is 9.53 Å². The van der Waals surface area contributed by atoms with Crippen molar-refractivity contribution in [2.75, 3.05) is 20.6 Å². The van der Waals surface area contributed by atoms with Crippen molar-refractivity contribution in [1.82, 2.24) is 4.90 Å². The zero-order chi connectivity index (χ0) is 12.1. The van der Waals surface area contributed by atoms with Crippen LogP contribution in [0.1, 0.15) is 22.8 Å². The molecule has 0 amide bonds. The van der Waals surface area contributed by atoms with Crippen molar-refractivity contribution in [3.05, 3.63) is 35.4 Å². The Kier molecular flexibility index (Phi) is 4.50. The predicted octanol–water partition coefficient (Wildman–Crippen LogP) is 2.10. The Balaban J connectivity index is 2.55. The highest BCUT2D eigenvalue weighted by Crippen LogP contribution is 2.06. The second-order valence-corrected chi connectivity index (χ2v) is 4.34. The van der Waals surface area contributed by atoms with Crippen LogP contribution >= 0.6 is 0 Å². The minimum absolute atomic E-state index is 0.0937. The molecule has 1 aromatic rings. The topological polar surface area (TPSA) is 29.5 Å². The zero-order valence-electron chi connectivity index (χ0n) is 10.4. The van der Waals surface area contributed by atoms with E-state index in [1.807, 2.05) is 45.0 Å². The molecule has 1 atom stereocenters. The van der Waals surface area contributed by atoms with Crippen LogP contribution in [0.4, 0.5) is 0 Å². The van der Waals surface area contributed by atoms with E-state index in [4.69, 9.17) is 4.74 Å². The number of aryl methyl sites for hydroxylation is 1. The third kappa shape index (κ3) is 4.03. The molecule has 0 fully saturated rings. The van der Waals surface area contributed by atoms with E-state index in [1.54, 1.807) is 12.1 Å². The molecule has 0 saturated heterocycles. The van der Waals surface area contributed by atoms with Gasteiger partial charge in [0.2, 0.25) is 0 Å². The fourth-order valence-corrected chi connectivity index (χ4v) is 1.49. The first kappa shape index (κ1) is 12.7. The van der Waals surface area contributed by atoms with Gasteiger partial charge in [-0.05, 0) is 40.1 Å². The Morgan fingerprint density at radius 3 is 2.38 bits per heavy atom. The van der Waals surface area contributed by atoms with E-state index in [-0.39, 0.29) is 12.1 Å². The molecule has 0 saturated carbocycles. The molecule has 0 radical (unpaired) electrons. The van der Waals surface area contributed by atoms with Gasteiger partial charge in [-0.25, -0.2) is 4.79 Å². The summed E-state index contributed by atoms with van der Waals surface area (Å²) in [7, 11) is 3.91. The van der Waals surface area contributed by atoms with Crippen molar-refractivity contribution in [3.8, 4) is 0 Å². The summed E-state index contributed by atoms with van der Waals surface area (Å²) in [5, 5.41) is 0. The maximum atomic E-state index is 11.7. The van der Waals surface area contributed by atoms with E-state index >= 15 is 0 Å². The van der Waals surface area contributed by atoms with Gasteiger partial charge in [0.05, 0.1) is 5.56 Å². The van der Waals surface area contributed by atoms with Crippen LogP contribution < -0.4 is 0 Å². The van der Waals surface area contributed by atoms with Gasteiger partial charge in [-0.1, -0.05) is 17.7 Å². The monoisotopic (exact) mass is 221 g/mol. The minimum atomic E-state index is -0.255. The van der Waals surface area contributed by atoms with Gasteiger partial charge in [-0.3, -0.25) is 0 Å². The van der Waals surface area contributed by atoms with Gasteiger partial charge >= 0.3 is 5.97 Å². The second-order valence-electron chi connectivity index (χ2n) is 4.34. The third-order valence-electron chi connectivity index (χ3n) is 2.22. The number of benzene rings is 1. The Morgan fingerprint density at radius 1 is 1.31 bits per heavy atom. The largest absolute Gasteiger partial charge is 0.458 e. The van der Waals surface area contributed by atoms with Crippen molar-refractivity contribution in [2.24, 2.45) is 0 Å². The lowest BCUT2D eigenvalue weighted by Gasteiger charge is -2.17. The van der Waals surface area contributed by atoms with Crippen LogP contribution in [-0.4, -0.2) is 37.6 Å². The SMILES string of the molecule is Cc1ccc(C(=O)O[C@@H](C)CN(C)C)cc1. The lowest BCUT2D eigenvalue weighted by molar-refractivity contribution is 0.0289. The number of ether oxygens (including phenoxy) is 1. The van der Waals surface area contributed by atoms with Crippen molar-refractivity contribution in [3.63, 3.8) is 0 Å². The first-order valence-corrected chi connectivity index (χ1v) is 5.41. The molecule has 16 heavy (non-hydrogen) atoms. The lowest BCUT2D eigenvalue weighted by atomic mass is 10.1. The third-order valence-corrected chi connectivity index (χ3v) is 2.22. The highest BCUT2D eigenvalue weighted by molar-refractivity contribution is 5.89. The van der Waals surface area contributed by atoms with E-state index in [0.29, 0.717) is 5.56 Å². The van der Waals surface area contributed by atoms with Gasteiger partial charge in [0.25, 0.3) is 0 Å². The van der Waals surface area contributed by atoms with E-state index in [9.17, 15) is 4.79 Å². The lowest BCUT2D eigenvalue weighted by Crippen LogP contribution is -2.28. The fourth-order valence-electron chi connectivity index (χ4n) is 1.49. The van der Waals surface area contributed by atoms with Crippen LogP contribution in [-0.2, 0) is 4.74 Å². The molecular weight excluding hydrogens is 202 g/mol. The smallest absolute Gasteiger partial charge is 0.338 e. The highest BCUT2D eigenvalue weighted by Gasteiger charge is 2.12. The summed E-state index contributed by atoms with van der Waals surface area (Å²) in [6.07, 6.45) is -0.0937. The molecule has 0 aliphatic carbocycles. The Bertz CT molecular complexity index is 343. The molecule has 0 N–H and O–H groups in total. The van der Waals surface area contributed by atoms with E-state index in [1.165, 1.54) is 0 Å². The van der Waals surface area contributed by atoms with Gasteiger partial charge in [-0.2, -0.15) is 0 Å². The maximum absolute atomic E-state index is 11.7. The fraction of sp³-hybridized carbons (Fsp3) is 0.462. The van der Waals surface area contributed by atoms with Crippen LogP contribution in [0.3, 0.4) is 0 Å². The molecule has 0 aliphatic rings. The maximum Gasteiger partial charge on any atom is 0.338 e. The molecule has 0 aliphatic heterocycles. The summed E-state index contributed by atoms with van der Waals surface area (Å²) < 4.78 is 5.31. The second kappa shape index (κ2) is 5.66. The summed E-state index contributed by atoms with van der Waals surface area (Å²) in [5.41, 5.74) is 1.74. The Morgan fingerprint density at radius 2 is 1.88 bits per heavy atom. The van der Waals surface area contributed by atoms with Gasteiger partial charge < -0.3 is 9.64 Å². The predicted molar refractivity (Wildman–Crippen MR) is 64.6 cm³/mol. The van der Waals surface area contributed by atoms with Crippen LogP contribution in [0.25, 0.3) is 0 Å². The number of carbonyl (C=O) groups is 1. The van der Waals surface area contributed by atoms with Gasteiger partial charge in [-0.15, -0.1) is 0 Å². The Hall–Kier alpha value is -1.35. The summed E-state index contributed by atoms with van der Waals surface area (Å²) >= 11 is 0. The number of rotatable bonds is 4. The van der Waals surface area contributed by atoms with Crippen molar-refractivity contribution in [1.29, 1.82) is 0 Å². The summed E-state index contributed by atoms with van der Waals surface area (Å²) in [4.78, 5) is 13.7. The minimum Gasteiger partial charge on any atom is -0.458 e. The first-order chi connectivity index (χ1) is 7.49. The normalized spacial score (nSPS) is 12.6. The summed E-state index contributed by atoms with van der Waals surface area (Å²) in [5.74, 6) is -0.255. The zero-order valence-corrected chi connectivity index (χ0v) is 10.4. The number of hydrogen-bond donors (Lipinski definition) is 0. The molecular formula is C13H19NO2. The van der Waals surface area contributed by atoms with Crippen molar-refractivity contribution in [2.45, 2.75) is 20.0 Å². The molecule has 1 aromatic carbocycles. The average Bonchev–Trinajstić information content (AvgIpc) is 2.16. The molecule has 88 valence electrons. The molecule has 0 bridgehead atoms. The van der Waals surface area contributed by atoms with Crippen molar-refractivity contribution >= 4 is 5.97 Å². The molecule has 0 heterocycles. The molecule has 0 spiro atoms. The molecule has 0 unspecified atom stereocenters. The van der Waals surface area contributed by atoms with Gasteiger partial charge in [0.1, 0.15) is 6.10 Å². The van der Waals surface area contributed by atoms with E-state index < -0.39 is 0 Å². The van der Waals surface area contributed by atoms with Crippen LogP contribution in [0.15, 0.2) is 24.3 Å². The van der Waals surface area contributed by atoms with Gasteiger partial charge in [0, 0.05) is 6.54 Å². The molecule has 3 heteroatoms. The summed E-state index contributed by atoms with van der Waals surface area (Å²) in [6.45, 7) is 4.62. The molecule has 1 rings (SSSR count). The average molecular weight is 221 g/mol. The van der Waals surface area contributed by atoms with Crippen LogP contribution in [0.5, 0.6) is 0 Å². The van der Waals surface area contributed by atoms with Crippen LogP contribution in [0.2, 0.25) is 0 Å². The molecule has 0 aromatic heterocycles. The molecule has 3 nitrogen and oxygen atoms in total. The number of esters is 1. The Labute approximate surface area is 97.0 Å². The van der Waals surface area contributed by atoms with E-state index in [0.717, 1.165) is 12.1 Å². The summed E-state index contributed by atoms with van der Waals surface area (Å²) in [6, 6.07) is 7.40. The quantitative estimate of drug-likeness (QED) is 0.729. The van der Waals surface area contributed by atoms with E-state index in [2.05, 4.69) is 0 Å². The van der Waals surface area contributed by atoms with Crippen LogP contribution in [0, 0.1) is 6.92 Å². The standard InChI is InChI=1S/C13H19NO2/c1-10-5-7-12(8-6-10)13(15)16-11(2)9-14(3)4/h5-8,11H,9H2,1-4H3/t11-/m0/s1. The number of nitrogens with zero attached hydrogens (tertiary/aromatic N) is 1. The number of carbonyl (C=O) groups excluding carboxylic acids is 1. The first-order valence-electron chi connectivity index (χ1n) is 5.41. The highest BCUT2D eigenvalue weighted by atomic mass is 16.5. The number of likely N-dealkylation sites (N-methyl/N-ethyl adjacent to an activating group) is 1. The van der Waals surface area contributed by atoms with Gasteiger partial charge in [0.15, 0.2) is 0 Å².